The first-order valence-corrected chi connectivity index (χ1v) is 9.45. The van der Waals surface area contributed by atoms with Gasteiger partial charge in [0.05, 0.1) is 11.6 Å². The highest BCUT2D eigenvalue weighted by Crippen LogP contribution is 2.36. The lowest BCUT2D eigenvalue weighted by atomic mass is 9.87. The van der Waals surface area contributed by atoms with Crippen molar-refractivity contribution >= 4 is 5.91 Å². The van der Waals surface area contributed by atoms with Crippen LogP contribution < -0.4 is 5.32 Å². The van der Waals surface area contributed by atoms with Crippen LogP contribution in [0.2, 0.25) is 0 Å². The first kappa shape index (κ1) is 16.2. The van der Waals surface area contributed by atoms with E-state index in [0.717, 1.165) is 43.4 Å². The molecule has 1 unspecified atom stereocenters. The summed E-state index contributed by atoms with van der Waals surface area (Å²) in [5.74, 6) is 1.26. The van der Waals surface area contributed by atoms with Gasteiger partial charge in [0.25, 0.3) is 5.91 Å². The van der Waals surface area contributed by atoms with Crippen LogP contribution in [0.1, 0.15) is 59.1 Å². The van der Waals surface area contributed by atoms with Crippen molar-refractivity contribution in [2.45, 2.75) is 44.1 Å². The maximum absolute atomic E-state index is 12.1. The zero-order chi connectivity index (χ0) is 18.4. The van der Waals surface area contributed by atoms with Crippen molar-refractivity contribution in [3.8, 4) is 11.4 Å². The number of aromatic nitrogens is 4. The van der Waals surface area contributed by atoms with Crippen LogP contribution in [0.25, 0.3) is 11.4 Å². The zero-order valence-electron chi connectivity index (χ0n) is 15.2. The molecule has 2 aliphatic rings. The van der Waals surface area contributed by atoms with Gasteiger partial charge in [-0.2, -0.15) is 10.1 Å². The van der Waals surface area contributed by atoms with E-state index in [1.807, 2.05) is 36.0 Å². The van der Waals surface area contributed by atoms with E-state index in [0.29, 0.717) is 23.3 Å². The summed E-state index contributed by atoms with van der Waals surface area (Å²) in [7, 11) is 1.94. The summed E-state index contributed by atoms with van der Waals surface area (Å²) >= 11 is 0. The third-order valence-electron chi connectivity index (χ3n) is 5.28. The summed E-state index contributed by atoms with van der Waals surface area (Å²) in [6.07, 6.45) is 7.26. The highest BCUT2D eigenvalue weighted by atomic mass is 16.5. The van der Waals surface area contributed by atoms with Gasteiger partial charge in [-0.15, -0.1) is 0 Å². The van der Waals surface area contributed by atoms with E-state index >= 15 is 0 Å². The number of carbonyl (C=O) groups excluding carboxylic acids is 1. The second-order valence-electron chi connectivity index (χ2n) is 7.43. The van der Waals surface area contributed by atoms with E-state index in [1.54, 1.807) is 0 Å². The Morgan fingerprint density at radius 1 is 1.22 bits per heavy atom. The lowest BCUT2D eigenvalue weighted by Gasteiger charge is -2.17. The second kappa shape index (κ2) is 6.33. The molecule has 27 heavy (non-hydrogen) atoms. The van der Waals surface area contributed by atoms with E-state index in [4.69, 9.17) is 4.52 Å². The summed E-state index contributed by atoms with van der Waals surface area (Å²) in [5.41, 5.74) is 3.81. The van der Waals surface area contributed by atoms with Crippen LogP contribution >= 0.6 is 0 Å². The van der Waals surface area contributed by atoms with Crippen LogP contribution in [-0.2, 0) is 13.5 Å². The lowest BCUT2D eigenvalue weighted by molar-refractivity contribution is 0.0951. The van der Waals surface area contributed by atoms with Gasteiger partial charge in [-0.05, 0) is 44.2 Å². The Hall–Kier alpha value is -2.96. The fourth-order valence-electron chi connectivity index (χ4n) is 3.68. The third-order valence-corrected chi connectivity index (χ3v) is 5.28. The highest BCUT2D eigenvalue weighted by molar-refractivity contribution is 5.94. The minimum Gasteiger partial charge on any atom is -0.349 e. The molecule has 138 valence electrons. The summed E-state index contributed by atoms with van der Waals surface area (Å²) in [6.45, 7) is 0. The number of rotatable bonds is 4. The predicted molar refractivity (Wildman–Crippen MR) is 98.2 cm³/mol. The molecule has 1 N–H and O–H groups in total. The van der Waals surface area contributed by atoms with E-state index < -0.39 is 0 Å². The quantitative estimate of drug-likeness (QED) is 0.770. The predicted octanol–water partition coefficient (Wildman–Crippen LogP) is 2.83. The van der Waals surface area contributed by atoms with Gasteiger partial charge in [-0.3, -0.25) is 9.48 Å². The number of nitrogens with zero attached hydrogens (tertiary/aromatic N) is 4. The molecule has 5 rings (SSSR count). The number of benzene rings is 1. The summed E-state index contributed by atoms with van der Waals surface area (Å²) in [6, 6.07) is 7.70. The number of hydrogen-bond acceptors (Lipinski definition) is 5. The number of nitrogens with one attached hydrogen (secondary N) is 1. The molecule has 7 heteroatoms. The van der Waals surface area contributed by atoms with Gasteiger partial charge < -0.3 is 9.84 Å². The van der Waals surface area contributed by atoms with Gasteiger partial charge in [0, 0.05) is 36.0 Å². The van der Waals surface area contributed by atoms with Crippen LogP contribution in [0.4, 0.5) is 0 Å². The van der Waals surface area contributed by atoms with Gasteiger partial charge >= 0.3 is 0 Å². The monoisotopic (exact) mass is 363 g/mol. The first-order valence-electron chi connectivity index (χ1n) is 9.45. The molecule has 2 heterocycles. The van der Waals surface area contributed by atoms with E-state index in [1.165, 1.54) is 5.56 Å². The Morgan fingerprint density at radius 3 is 2.81 bits per heavy atom. The Morgan fingerprint density at radius 2 is 2.04 bits per heavy atom. The molecule has 0 saturated heterocycles. The molecule has 1 fully saturated rings. The van der Waals surface area contributed by atoms with Crippen LogP contribution in [0.5, 0.6) is 0 Å². The lowest BCUT2D eigenvalue weighted by Crippen LogP contribution is -2.25. The normalized spacial score (nSPS) is 18.9. The zero-order valence-corrected chi connectivity index (χ0v) is 15.2. The third kappa shape index (κ3) is 3.13. The maximum atomic E-state index is 12.1. The second-order valence-corrected chi connectivity index (χ2v) is 7.43. The molecular formula is C20H21N5O2. The number of aryl methyl sites for hydroxylation is 2. The maximum Gasteiger partial charge on any atom is 0.251 e. The molecule has 0 radical (unpaired) electrons. The molecule has 0 bridgehead atoms. The van der Waals surface area contributed by atoms with Crippen molar-refractivity contribution < 1.29 is 9.32 Å². The van der Waals surface area contributed by atoms with Crippen molar-refractivity contribution in [1.29, 1.82) is 0 Å². The molecule has 2 aliphatic carbocycles. The molecule has 2 aromatic heterocycles. The van der Waals surface area contributed by atoms with Crippen molar-refractivity contribution in [3.63, 3.8) is 0 Å². The number of carbonyl (C=O) groups is 1. The number of hydrogen-bond donors (Lipinski definition) is 1. The van der Waals surface area contributed by atoms with E-state index in [-0.39, 0.29) is 11.8 Å². The molecule has 1 aromatic carbocycles. The largest absolute Gasteiger partial charge is 0.349 e. The fraction of sp³-hybridized carbons (Fsp3) is 0.400. The topological polar surface area (TPSA) is 85.8 Å². The molecular weight excluding hydrogens is 342 g/mol. The van der Waals surface area contributed by atoms with Gasteiger partial charge in [-0.25, -0.2) is 0 Å². The summed E-state index contributed by atoms with van der Waals surface area (Å²) in [4.78, 5) is 16.7. The standard InChI is InChI=1S/C20H21N5O2/c1-25-11-16-15(3-2-4-17(16)23-25)20-22-18(24-27-20)12-5-7-13(8-6-12)19(26)21-14-9-10-14/h5-8,11,14-15H,2-4,9-10H2,1H3,(H,21,26). The molecule has 0 aliphatic heterocycles. The molecule has 1 atom stereocenters. The van der Waals surface area contributed by atoms with E-state index in [9.17, 15) is 4.79 Å². The minimum absolute atomic E-state index is 0.0239. The minimum atomic E-state index is -0.0239. The smallest absolute Gasteiger partial charge is 0.251 e. The fourth-order valence-corrected chi connectivity index (χ4v) is 3.68. The molecule has 0 spiro atoms. The van der Waals surface area contributed by atoms with Gasteiger partial charge in [0.15, 0.2) is 0 Å². The summed E-state index contributed by atoms with van der Waals surface area (Å²) < 4.78 is 7.44. The summed E-state index contributed by atoms with van der Waals surface area (Å²) in [5, 5.41) is 11.7. The Balaban J connectivity index is 1.37. The first-order chi connectivity index (χ1) is 13.2. The molecule has 1 amide bonds. The van der Waals surface area contributed by atoms with Crippen molar-refractivity contribution in [2.75, 3.05) is 0 Å². The van der Waals surface area contributed by atoms with Gasteiger partial charge in [-0.1, -0.05) is 17.3 Å². The number of fused-ring (bicyclic) bond motifs is 1. The SMILES string of the molecule is Cn1cc2c(n1)CCCC2c1nc(-c2ccc(C(=O)NC3CC3)cc2)no1. The van der Waals surface area contributed by atoms with Gasteiger partial charge in [0.2, 0.25) is 11.7 Å². The average Bonchev–Trinajstić information content (AvgIpc) is 3.20. The highest BCUT2D eigenvalue weighted by Gasteiger charge is 2.29. The molecule has 3 aromatic rings. The van der Waals surface area contributed by atoms with Crippen LogP contribution in [0.15, 0.2) is 35.0 Å². The Labute approximate surface area is 156 Å². The van der Waals surface area contributed by atoms with Crippen LogP contribution in [0.3, 0.4) is 0 Å². The molecule has 1 saturated carbocycles. The molecule has 7 nitrogen and oxygen atoms in total. The van der Waals surface area contributed by atoms with Crippen LogP contribution in [0, 0.1) is 0 Å². The van der Waals surface area contributed by atoms with Crippen molar-refractivity contribution in [1.82, 2.24) is 25.2 Å². The van der Waals surface area contributed by atoms with Crippen molar-refractivity contribution in [3.05, 3.63) is 53.2 Å². The van der Waals surface area contributed by atoms with Crippen molar-refractivity contribution in [2.24, 2.45) is 7.05 Å². The number of amides is 1. The van der Waals surface area contributed by atoms with Crippen LogP contribution in [-0.4, -0.2) is 31.9 Å². The average molecular weight is 363 g/mol. The van der Waals surface area contributed by atoms with Gasteiger partial charge in [0.1, 0.15) is 0 Å². The Bertz CT molecular complexity index is 984. The Kier molecular flexibility index (Phi) is 3.81. The van der Waals surface area contributed by atoms with E-state index in [2.05, 4.69) is 26.8 Å².